The van der Waals surface area contributed by atoms with E-state index in [0.717, 1.165) is 12.2 Å². The summed E-state index contributed by atoms with van der Waals surface area (Å²) in [4.78, 5) is 2.35. The van der Waals surface area contributed by atoms with E-state index in [1.807, 2.05) is 12.1 Å². The molecule has 0 amide bonds. The van der Waals surface area contributed by atoms with Crippen LogP contribution in [0, 0.1) is 6.92 Å². The van der Waals surface area contributed by atoms with Gasteiger partial charge in [0.2, 0.25) is 0 Å². The zero-order chi connectivity index (χ0) is 10.7. The third kappa shape index (κ3) is 2.00. The zero-order valence-corrected chi connectivity index (χ0v) is 9.54. The van der Waals surface area contributed by atoms with Gasteiger partial charge >= 0.3 is 0 Å². The molecule has 0 unspecified atom stereocenters. The van der Waals surface area contributed by atoms with Gasteiger partial charge in [0.1, 0.15) is 0 Å². The molecule has 14 heavy (non-hydrogen) atoms. The normalized spacial score (nSPS) is 10.6. The summed E-state index contributed by atoms with van der Waals surface area (Å²) in [5.41, 5.74) is 9.20. The molecule has 2 N–H and O–H groups in total. The molecule has 0 aliphatic carbocycles. The summed E-state index contributed by atoms with van der Waals surface area (Å²) in [6.45, 7) is 9.67. The third-order valence-electron chi connectivity index (χ3n) is 2.62. The second kappa shape index (κ2) is 4.36. The lowest BCUT2D eigenvalue weighted by atomic mass is 10.1. The Balaban J connectivity index is 3.10. The van der Waals surface area contributed by atoms with Gasteiger partial charge in [-0.05, 0) is 45.4 Å². The first kappa shape index (κ1) is 10.9. The van der Waals surface area contributed by atoms with E-state index in [2.05, 4.69) is 38.7 Å². The molecule has 0 fully saturated rings. The number of nitrogens with two attached hydrogens (primary N) is 1. The lowest BCUT2D eigenvalue weighted by Gasteiger charge is -2.29. The fraction of sp³-hybridized carbons (Fsp3) is 0.500. The molecule has 2 heteroatoms. The molecule has 0 aliphatic rings. The van der Waals surface area contributed by atoms with Crippen molar-refractivity contribution < 1.29 is 0 Å². The molecular formula is C12H20N2. The molecule has 0 aromatic heterocycles. The maximum Gasteiger partial charge on any atom is 0.0418 e. The molecule has 1 rings (SSSR count). The quantitative estimate of drug-likeness (QED) is 0.746. The van der Waals surface area contributed by atoms with Gasteiger partial charge in [-0.3, -0.25) is 0 Å². The molecule has 0 aliphatic heterocycles. The highest BCUT2D eigenvalue weighted by atomic mass is 15.1. The van der Waals surface area contributed by atoms with Crippen molar-refractivity contribution in [3.8, 4) is 0 Å². The molecule has 78 valence electrons. The van der Waals surface area contributed by atoms with Gasteiger partial charge in [0.25, 0.3) is 0 Å². The van der Waals surface area contributed by atoms with Crippen LogP contribution in [0.2, 0.25) is 0 Å². The standard InChI is InChI=1S/C12H20N2/c1-5-14(9(2)3)12-8-6-7-11(13)10(12)4/h6-9H,5,13H2,1-4H3. The van der Waals surface area contributed by atoms with Gasteiger partial charge in [-0.25, -0.2) is 0 Å². The maximum atomic E-state index is 5.89. The van der Waals surface area contributed by atoms with Crippen LogP contribution in [-0.4, -0.2) is 12.6 Å². The number of hydrogen-bond acceptors (Lipinski definition) is 2. The van der Waals surface area contributed by atoms with E-state index in [9.17, 15) is 0 Å². The Bertz CT molecular complexity index is 305. The largest absolute Gasteiger partial charge is 0.398 e. The van der Waals surface area contributed by atoms with Gasteiger partial charge in [0.15, 0.2) is 0 Å². The van der Waals surface area contributed by atoms with Crippen molar-refractivity contribution in [2.45, 2.75) is 33.7 Å². The molecule has 2 nitrogen and oxygen atoms in total. The molecule has 0 bridgehead atoms. The predicted octanol–water partition coefficient (Wildman–Crippen LogP) is 2.81. The van der Waals surface area contributed by atoms with Gasteiger partial charge in [0, 0.05) is 24.0 Å². The second-order valence-electron chi connectivity index (χ2n) is 3.87. The summed E-state index contributed by atoms with van der Waals surface area (Å²) < 4.78 is 0. The molecule has 0 atom stereocenters. The van der Waals surface area contributed by atoms with Crippen molar-refractivity contribution in [1.29, 1.82) is 0 Å². The molecule has 1 aromatic carbocycles. The van der Waals surface area contributed by atoms with E-state index in [0.29, 0.717) is 6.04 Å². The summed E-state index contributed by atoms with van der Waals surface area (Å²) >= 11 is 0. The highest BCUT2D eigenvalue weighted by Gasteiger charge is 2.11. The monoisotopic (exact) mass is 192 g/mol. The van der Waals surface area contributed by atoms with Gasteiger partial charge in [0.05, 0.1) is 0 Å². The van der Waals surface area contributed by atoms with Gasteiger partial charge in [-0.1, -0.05) is 6.07 Å². The minimum absolute atomic E-state index is 0.514. The van der Waals surface area contributed by atoms with Crippen LogP contribution in [-0.2, 0) is 0 Å². The number of benzene rings is 1. The SMILES string of the molecule is CCN(c1cccc(N)c1C)C(C)C. The van der Waals surface area contributed by atoms with Crippen molar-refractivity contribution in [2.24, 2.45) is 0 Å². The van der Waals surface area contributed by atoms with Crippen LogP contribution in [0.4, 0.5) is 11.4 Å². The summed E-state index contributed by atoms with van der Waals surface area (Å²) in [6, 6.07) is 6.62. The zero-order valence-electron chi connectivity index (χ0n) is 9.54. The minimum atomic E-state index is 0.514. The van der Waals surface area contributed by atoms with Crippen molar-refractivity contribution in [3.63, 3.8) is 0 Å². The number of nitrogens with zero attached hydrogens (tertiary/aromatic N) is 1. The van der Waals surface area contributed by atoms with Crippen LogP contribution in [0.15, 0.2) is 18.2 Å². The second-order valence-corrected chi connectivity index (χ2v) is 3.87. The Kier molecular flexibility index (Phi) is 3.39. The van der Waals surface area contributed by atoms with E-state index in [4.69, 9.17) is 5.73 Å². The molecule has 0 spiro atoms. The van der Waals surface area contributed by atoms with Crippen LogP contribution >= 0.6 is 0 Å². The summed E-state index contributed by atoms with van der Waals surface area (Å²) in [5.74, 6) is 0. The average molecular weight is 192 g/mol. The van der Waals surface area contributed by atoms with E-state index in [1.165, 1.54) is 11.3 Å². The molecular weight excluding hydrogens is 172 g/mol. The molecule has 1 aromatic rings. The van der Waals surface area contributed by atoms with Gasteiger partial charge in [-0.15, -0.1) is 0 Å². The van der Waals surface area contributed by atoms with E-state index in [-0.39, 0.29) is 0 Å². The number of hydrogen-bond donors (Lipinski definition) is 1. The Morgan fingerprint density at radius 2 is 2.00 bits per heavy atom. The predicted molar refractivity (Wildman–Crippen MR) is 63.7 cm³/mol. The molecule has 0 radical (unpaired) electrons. The van der Waals surface area contributed by atoms with Crippen molar-refractivity contribution in [2.75, 3.05) is 17.2 Å². The Hall–Kier alpha value is -1.18. The number of nitrogen functional groups attached to an aromatic ring is 1. The number of rotatable bonds is 3. The minimum Gasteiger partial charge on any atom is -0.398 e. The first-order chi connectivity index (χ1) is 6.57. The number of anilines is 2. The molecule has 0 saturated carbocycles. The lowest BCUT2D eigenvalue weighted by Crippen LogP contribution is -2.31. The fourth-order valence-electron chi connectivity index (χ4n) is 1.77. The highest BCUT2D eigenvalue weighted by molar-refractivity contribution is 5.64. The van der Waals surface area contributed by atoms with E-state index in [1.54, 1.807) is 0 Å². The van der Waals surface area contributed by atoms with Crippen LogP contribution in [0.25, 0.3) is 0 Å². The Morgan fingerprint density at radius 1 is 1.36 bits per heavy atom. The lowest BCUT2D eigenvalue weighted by molar-refractivity contribution is 0.702. The third-order valence-corrected chi connectivity index (χ3v) is 2.62. The van der Waals surface area contributed by atoms with Crippen LogP contribution < -0.4 is 10.6 Å². The van der Waals surface area contributed by atoms with Gasteiger partial charge in [-0.2, -0.15) is 0 Å². The van der Waals surface area contributed by atoms with Crippen molar-refractivity contribution >= 4 is 11.4 Å². The van der Waals surface area contributed by atoms with Crippen molar-refractivity contribution in [1.82, 2.24) is 0 Å². The Labute approximate surface area is 86.7 Å². The molecule has 0 saturated heterocycles. The van der Waals surface area contributed by atoms with Crippen molar-refractivity contribution in [3.05, 3.63) is 23.8 Å². The molecule has 0 heterocycles. The first-order valence-corrected chi connectivity index (χ1v) is 5.19. The van der Waals surface area contributed by atoms with Crippen LogP contribution in [0.1, 0.15) is 26.3 Å². The van der Waals surface area contributed by atoms with Gasteiger partial charge < -0.3 is 10.6 Å². The summed E-state index contributed by atoms with van der Waals surface area (Å²) in [7, 11) is 0. The average Bonchev–Trinajstić information content (AvgIpc) is 2.13. The summed E-state index contributed by atoms with van der Waals surface area (Å²) in [6.07, 6.45) is 0. The fourth-order valence-corrected chi connectivity index (χ4v) is 1.77. The topological polar surface area (TPSA) is 29.3 Å². The van der Waals surface area contributed by atoms with Crippen LogP contribution in [0.3, 0.4) is 0 Å². The van der Waals surface area contributed by atoms with E-state index < -0.39 is 0 Å². The first-order valence-electron chi connectivity index (χ1n) is 5.19. The smallest absolute Gasteiger partial charge is 0.0418 e. The van der Waals surface area contributed by atoms with E-state index >= 15 is 0 Å². The van der Waals surface area contributed by atoms with Crippen LogP contribution in [0.5, 0.6) is 0 Å². The highest BCUT2D eigenvalue weighted by Crippen LogP contribution is 2.25. The maximum absolute atomic E-state index is 5.89. The Morgan fingerprint density at radius 3 is 2.50 bits per heavy atom. The summed E-state index contributed by atoms with van der Waals surface area (Å²) in [5, 5.41) is 0.